The van der Waals surface area contributed by atoms with Crippen LogP contribution in [0.2, 0.25) is 5.02 Å². The van der Waals surface area contributed by atoms with Crippen LogP contribution in [0.1, 0.15) is 21.5 Å². The summed E-state index contributed by atoms with van der Waals surface area (Å²) in [6, 6.07) is 17.0. The minimum absolute atomic E-state index is 0.0725. The van der Waals surface area contributed by atoms with Crippen LogP contribution in [0.15, 0.2) is 54.6 Å². The first-order valence-electron chi connectivity index (χ1n) is 6.65. The fraction of sp³-hybridized carbons (Fsp3) is 0.111. The Balaban J connectivity index is 2.21. The van der Waals surface area contributed by atoms with E-state index in [9.17, 15) is 4.39 Å². The van der Waals surface area contributed by atoms with E-state index in [2.05, 4.69) is 47.1 Å². The lowest BCUT2D eigenvalue weighted by Gasteiger charge is -2.18. The van der Waals surface area contributed by atoms with Crippen LogP contribution in [0.25, 0.3) is 10.8 Å². The molecule has 0 aromatic heterocycles. The average Bonchev–Trinajstić information content (AvgIpc) is 2.46. The summed E-state index contributed by atoms with van der Waals surface area (Å²) in [6.07, 6.45) is 0. The maximum atomic E-state index is 13.2. The van der Waals surface area contributed by atoms with Gasteiger partial charge >= 0.3 is 0 Å². The molecule has 0 aliphatic carbocycles. The van der Waals surface area contributed by atoms with Gasteiger partial charge < -0.3 is 0 Å². The summed E-state index contributed by atoms with van der Waals surface area (Å²) >= 11 is 9.94. The maximum absolute atomic E-state index is 13.2. The molecule has 0 heterocycles. The zero-order valence-electron chi connectivity index (χ0n) is 11.4. The molecule has 0 bridgehead atoms. The number of aryl methyl sites for hydroxylation is 1. The second kappa shape index (κ2) is 5.78. The number of fused-ring (bicyclic) bond motifs is 1. The number of alkyl halides is 1. The zero-order valence-corrected chi connectivity index (χ0v) is 13.7. The Labute approximate surface area is 136 Å². The molecule has 0 aliphatic rings. The first kappa shape index (κ1) is 14.6. The van der Waals surface area contributed by atoms with Crippen LogP contribution < -0.4 is 0 Å². The van der Waals surface area contributed by atoms with Crippen molar-refractivity contribution in [2.45, 2.75) is 11.8 Å². The predicted octanol–water partition coefficient (Wildman–Crippen LogP) is 6.43. The monoisotopic (exact) mass is 362 g/mol. The van der Waals surface area contributed by atoms with Crippen LogP contribution in [0.4, 0.5) is 4.39 Å². The molecule has 0 spiro atoms. The number of hydrogen-bond acceptors (Lipinski definition) is 0. The summed E-state index contributed by atoms with van der Waals surface area (Å²) < 4.78 is 13.2. The molecule has 106 valence electrons. The van der Waals surface area contributed by atoms with Gasteiger partial charge in [-0.1, -0.05) is 70.0 Å². The minimum Gasteiger partial charge on any atom is -0.207 e. The topological polar surface area (TPSA) is 0 Å². The van der Waals surface area contributed by atoms with Crippen LogP contribution in [0, 0.1) is 12.7 Å². The van der Waals surface area contributed by atoms with Crippen LogP contribution in [-0.4, -0.2) is 0 Å². The van der Waals surface area contributed by atoms with Gasteiger partial charge in [-0.3, -0.25) is 0 Å². The molecule has 0 nitrogen and oxygen atoms in total. The Hall–Kier alpha value is -1.38. The van der Waals surface area contributed by atoms with Crippen molar-refractivity contribution < 1.29 is 4.39 Å². The van der Waals surface area contributed by atoms with Crippen LogP contribution in [0.3, 0.4) is 0 Å². The molecule has 3 aromatic rings. The third kappa shape index (κ3) is 2.70. The lowest BCUT2D eigenvalue weighted by atomic mass is 9.94. The van der Waals surface area contributed by atoms with Gasteiger partial charge in [0.2, 0.25) is 0 Å². The molecule has 3 aromatic carbocycles. The molecule has 0 amide bonds. The fourth-order valence-electron chi connectivity index (χ4n) is 2.60. The third-order valence-electron chi connectivity index (χ3n) is 3.68. The summed E-state index contributed by atoms with van der Waals surface area (Å²) in [7, 11) is 0. The van der Waals surface area contributed by atoms with Gasteiger partial charge in [0.05, 0.1) is 4.83 Å². The SMILES string of the molecule is Cc1ccc2ccccc2c1C(Br)c1ccc(F)cc1Cl. The molecule has 0 saturated carbocycles. The summed E-state index contributed by atoms with van der Waals surface area (Å²) in [5.41, 5.74) is 3.22. The van der Waals surface area contributed by atoms with Crippen molar-refractivity contribution in [2.24, 2.45) is 0 Å². The molecule has 1 atom stereocenters. The number of rotatable bonds is 2. The predicted molar refractivity (Wildman–Crippen MR) is 90.9 cm³/mol. The lowest BCUT2D eigenvalue weighted by Crippen LogP contribution is -1.98. The first-order valence-corrected chi connectivity index (χ1v) is 7.94. The highest BCUT2D eigenvalue weighted by atomic mass is 79.9. The van der Waals surface area contributed by atoms with E-state index in [0.29, 0.717) is 5.02 Å². The van der Waals surface area contributed by atoms with E-state index in [0.717, 1.165) is 5.56 Å². The van der Waals surface area contributed by atoms with Crippen molar-refractivity contribution in [2.75, 3.05) is 0 Å². The smallest absolute Gasteiger partial charge is 0.124 e. The molecule has 0 saturated heterocycles. The van der Waals surface area contributed by atoms with Gasteiger partial charge in [-0.2, -0.15) is 0 Å². The van der Waals surface area contributed by atoms with E-state index < -0.39 is 0 Å². The molecule has 1 unspecified atom stereocenters. The van der Waals surface area contributed by atoms with Gasteiger partial charge in [-0.25, -0.2) is 4.39 Å². The fourth-order valence-corrected chi connectivity index (χ4v) is 4.02. The Kier molecular flexibility index (Phi) is 4.01. The van der Waals surface area contributed by atoms with E-state index in [4.69, 9.17) is 11.6 Å². The van der Waals surface area contributed by atoms with Crippen LogP contribution in [-0.2, 0) is 0 Å². The molecular weight excluding hydrogens is 351 g/mol. The van der Waals surface area contributed by atoms with E-state index in [1.165, 1.54) is 34.0 Å². The van der Waals surface area contributed by atoms with Crippen molar-refractivity contribution in [3.8, 4) is 0 Å². The third-order valence-corrected chi connectivity index (χ3v) is 4.96. The van der Waals surface area contributed by atoms with E-state index in [1.807, 2.05) is 12.1 Å². The zero-order chi connectivity index (χ0) is 15.0. The molecule has 0 N–H and O–H groups in total. The Morgan fingerprint density at radius 1 is 1.05 bits per heavy atom. The summed E-state index contributed by atoms with van der Waals surface area (Å²) in [5, 5.41) is 2.80. The highest BCUT2D eigenvalue weighted by molar-refractivity contribution is 9.09. The second-order valence-electron chi connectivity index (χ2n) is 5.05. The largest absolute Gasteiger partial charge is 0.207 e. The van der Waals surface area contributed by atoms with Gasteiger partial charge in [0, 0.05) is 5.02 Å². The molecule has 0 fully saturated rings. The molecule has 3 heteroatoms. The maximum Gasteiger partial charge on any atom is 0.124 e. The Morgan fingerprint density at radius 3 is 2.57 bits per heavy atom. The summed E-state index contributed by atoms with van der Waals surface area (Å²) in [5.74, 6) is -0.321. The minimum atomic E-state index is -0.321. The summed E-state index contributed by atoms with van der Waals surface area (Å²) in [4.78, 5) is -0.0725. The molecular formula is C18H13BrClF. The first-order chi connectivity index (χ1) is 10.1. The number of benzene rings is 3. The quantitative estimate of drug-likeness (QED) is 0.460. The second-order valence-corrected chi connectivity index (χ2v) is 6.37. The average molecular weight is 364 g/mol. The van der Waals surface area contributed by atoms with Gasteiger partial charge in [0.15, 0.2) is 0 Å². The molecule has 21 heavy (non-hydrogen) atoms. The highest BCUT2D eigenvalue weighted by Crippen LogP contribution is 2.40. The van der Waals surface area contributed by atoms with Crippen molar-refractivity contribution in [3.05, 3.63) is 82.1 Å². The van der Waals surface area contributed by atoms with Gasteiger partial charge in [-0.15, -0.1) is 0 Å². The normalized spacial score (nSPS) is 12.6. The highest BCUT2D eigenvalue weighted by Gasteiger charge is 2.18. The van der Waals surface area contributed by atoms with Crippen LogP contribution >= 0.6 is 27.5 Å². The number of halogens is 3. The van der Waals surface area contributed by atoms with Gasteiger partial charge in [0.25, 0.3) is 0 Å². The van der Waals surface area contributed by atoms with Crippen molar-refractivity contribution >= 4 is 38.3 Å². The van der Waals surface area contributed by atoms with E-state index in [-0.39, 0.29) is 10.6 Å². The van der Waals surface area contributed by atoms with Gasteiger partial charge in [-0.05, 0) is 46.5 Å². The molecule has 0 radical (unpaired) electrons. The van der Waals surface area contributed by atoms with Crippen LogP contribution in [0.5, 0.6) is 0 Å². The van der Waals surface area contributed by atoms with E-state index >= 15 is 0 Å². The van der Waals surface area contributed by atoms with Crippen molar-refractivity contribution in [3.63, 3.8) is 0 Å². The van der Waals surface area contributed by atoms with Gasteiger partial charge in [0.1, 0.15) is 5.82 Å². The number of hydrogen-bond donors (Lipinski definition) is 0. The standard InChI is InChI=1S/C18H13BrClF/c1-11-6-7-12-4-2-3-5-14(12)17(11)18(19)15-9-8-13(21)10-16(15)20/h2-10,18H,1H3. The van der Waals surface area contributed by atoms with Crippen molar-refractivity contribution in [1.82, 2.24) is 0 Å². The summed E-state index contributed by atoms with van der Waals surface area (Å²) in [6.45, 7) is 2.08. The Bertz CT molecular complexity index is 813. The Morgan fingerprint density at radius 2 is 1.81 bits per heavy atom. The molecule has 3 rings (SSSR count). The molecule has 0 aliphatic heterocycles. The van der Waals surface area contributed by atoms with Crippen molar-refractivity contribution in [1.29, 1.82) is 0 Å². The lowest BCUT2D eigenvalue weighted by molar-refractivity contribution is 0.627. The van der Waals surface area contributed by atoms with E-state index in [1.54, 1.807) is 6.07 Å².